The third-order valence-electron chi connectivity index (χ3n) is 5.14. The Morgan fingerprint density at radius 2 is 1.88 bits per heavy atom. The van der Waals surface area contributed by atoms with E-state index in [1.807, 2.05) is 13.8 Å². The smallest absolute Gasteiger partial charge is 0.305 e. The van der Waals surface area contributed by atoms with E-state index >= 15 is 0 Å². The van der Waals surface area contributed by atoms with Gasteiger partial charge in [-0.3, -0.25) is 14.4 Å². The number of hydrogen-bond acceptors (Lipinski definition) is 5. The number of carbonyl (C=O) groups excluding carboxylic acids is 2. The van der Waals surface area contributed by atoms with Crippen molar-refractivity contribution in [2.24, 2.45) is 5.92 Å². The van der Waals surface area contributed by atoms with Crippen LogP contribution in [0.3, 0.4) is 0 Å². The number of carbonyl (C=O) groups is 2. The normalized spacial score (nSPS) is 28.2. The molecule has 1 aromatic heterocycles. The van der Waals surface area contributed by atoms with E-state index in [1.54, 1.807) is 0 Å². The number of thioether (sulfide) groups is 1. The molecule has 5 nitrogen and oxygen atoms in total. The average Bonchev–Trinajstić information content (AvgIpc) is 3.08. The summed E-state index contributed by atoms with van der Waals surface area (Å²) < 4.78 is 13.2. The van der Waals surface area contributed by atoms with Gasteiger partial charge in [0, 0.05) is 10.3 Å². The van der Waals surface area contributed by atoms with Crippen LogP contribution in [0.25, 0.3) is 0 Å². The molecule has 2 aliphatic heterocycles. The van der Waals surface area contributed by atoms with Gasteiger partial charge in [-0.25, -0.2) is 9.29 Å². The number of hydrogen-bond donors (Lipinski definition) is 1. The van der Waals surface area contributed by atoms with Crippen molar-refractivity contribution in [3.05, 3.63) is 44.6 Å². The van der Waals surface area contributed by atoms with E-state index in [0.717, 1.165) is 21.1 Å². The van der Waals surface area contributed by atoms with Gasteiger partial charge in [-0.2, -0.15) is 0 Å². The summed E-state index contributed by atoms with van der Waals surface area (Å²) in [5.74, 6) is -1.57. The van der Waals surface area contributed by atoms with E-state index in [1.165, 1.54) is 36.0 Å². The minimum Gasteiger partial charge on any atom is -0.307 e. The van der Waals surface area contributed by atoms with Gasteiger partial charge in [0.05, 0.1) is 16.6 Å². The van der Waals surface area contributed by atoms with E-state index in [9.17, 15) is 18.8 Å². The fraction of sp³-hybridized carbons (Fsp3) is 0.353. The van der Waals surface area contributed by atoms with Crippen LogP contribution in [0.2, 0.25) is 0 Å². The Morgan fingerprint density at radius 1 is 1.20 bits per heavy atom. The average molecular weight is 378 g/mol. The summed E-state index contributed by atoms with van der Waals surface area (Å²) in [7, 11) is 0. The zero-order chi connectivity index (χ0) is 17.9. The van der Waals surface area contributed by atoms with Crippen molar-refractivity contribution < 1.29 is 14.0 Å². The molecule has 2 aliphatic rings. The molecule has 2 amide bonds. The van der Waals surface area contributed by atoms with Crippen LogP contribution >= 0.6 is 23.1 Å². The van der Waals surface area contributed by atoms with Gasteiger partial charge >= 0.3 is 4.87 Å². The lowest BCUT2D eigenvalue weighted by Crippen LogP contribution is -2.43. The molecule has 0 aliphatic carbocycles. The van der Waals surface area contributed by atoms with Gasteiger partial charge in [0.15, 0.2) is 0 Å². The highest BCUT2D eigenvalue weighted by Crippen LogP contribution is 2.55. The molecular formula is C17H15FN2O3S2. The quantitative estimate of drug-likeness (QED) is 0.816. The second kappa shape index (κ2) is 5.54. The zero-order valence-electron chi connectivity index (χ0n) is 13.5. The molecule has 8 heteroatoms. The molecule has 1 N–H and O–H groups in total. The van der Waals surface area contributed by atoms with Crippen LogP contribution in [0.5, 0.6) is 0 Å². The predicted molar refractivity (Wildman–Crippen MR) is 94.6 cm³/mol. The van der Waals surface area contributed by atoms with Gasteiger partial charge in [-0.05, 0) is 30.7 Å². The number of fused-ring (bicyclic) bond motifs is 2. The van der Waals surface area contributed by atoms with Gasteiger partial charge in [-0.15, -0.1) is 0 Å². The Balaban J connectivity index is 1.83. The molecule has 1 fully saturated rings. The first-order valence-electron chi connectivity index (χ1n) is 7.90. The first kappa shape index (κ1) is 16.5. The number of aromatic amines is 1. The van der Waals surface area contributed by atoms with Crippen molar-refractivity contribution in [1.29, 1.82) is 0 Å². The maximum atomic E-state index is 13.2. The highest BCUT2D eigenvalue weighted by Gasteiger charge is 2.60. The van der Waals surface area contributed by atoms with E-state index < -0.39 is 22.4 Å². The van der Waals surface area contributed by atoms with Crippen molar-refractivity contribution >= 4 is 40.6 Å². The molecule has 0 saturated carbocycles. The molecule has 2 aromatic rings. The summed E-state index contributed by atoms with van der Waals surface area (Å²) in [6.07, 6.45) is 0.631. The maximum absolute atomic E-state index is 13.2. The molecule has 0 radical (unpaired) electrons. The van der Waals surface area contributed by atoms with Gasteiger partial charge in [0.2, 0.25) is 11.8 Å². The lowest BCUT2D eigenvalue weighted by molar-refractivity contribution is -0.123. The largest absolute Gasteiger partial charge is 0.307 e. The molecule has 25 heavy (non-hydrogen) atoms. The monoisotopic (exact) mass is 378 g/mol. The van der Waals surface area contributed by atoms with Crippen LogP contribution < -0.4 is 9.77 Å². The van der Waals surface area contributed by atoms with Crippen LogP contribution in [0, 0.1) is 11.7 Å². The highest BCUT2D eigenvalue weighted by atomic mass is 32.2. The minimum atomic E-state index is -0.587. The number of anilines is 1. The number of H-pyrrole nitrogens is 1. The Hall–Kier alpha value is -1.93. The Labute approximate surface area is 151 Å². The molecule has 4 rings (SSSR count). The number of benzene rings is 1. The molecule has 3 atom stereocenters. The van der Waals surface area contributed by atoms with Gasteiger partial charge in [0.25, 0.3) is 0 Å². The third kappa shape index (κ3) is 2.23. The fourth-order valence-corrected chi connectivity index (χ4v) is 6.46. The van der Waals surface area contributed by atoms with E-state index in [2.05, 4.69) is 4.98 Å². The first-order valence-corrected chi connectivity index (χ1v) is 9.60. The topological polar surface area (TPSA) is 70.2 Å². The Bertz CT molecular complexity index is 936. The summed E-state index contributed by atoms with van der Waals surface area (Å²) in [6.45, 7) is 3.89. The van der Waals surface area contributed by atoms with E-state index in [-0.39, 0.29) is 16.7 Å². The van der Waals surface area contributed by atoms with E-state index in [0.29, 0.717) is 17.1 Å². The van der Waals surface area contributed by atoms with Crippen molar-refractivity contribution in [3.8, 4) is 0 Å². The van der Waals surface area contributed by atoms with Gasteiger partial charge in [-0.1, -0.05) is 36.9 Å². The molecular weight excluding hydrogens is 363 g/mol. The molecule has 0 spiro atoms. The third-order valence-corrected chi connectivity index (χ3v) is 7.70. The number of aromatic nitrogens is 1. The van der Waals surface area contributed by atoms with Gasteiger partial charge in [0.1, 0.15) is 11.1 Å². The number of imide groups is 1. The predicted octanol–water partition coefficient (Wildman–Crippen LogP) is 2.91. The maximum Gasteiger partial charge on any atom is 0.305 e. The lowest BCUT2D eigenvalue weighted by atomic mass is 9.72. The minimum absolute atomic E-state index is 0.174. The summed E-state index contributed by atoms with van der Waals surface area (Å²) in [4.78, 5) is 42.5. The molecule has 0 bridgehead atoms. The zero-order valence-corrected chi connectivity index (χ0v) is 15.2. The van der Waals surface area contributed by atoms with Gasteiger partial charge < -0.3 is 4.98 Å². The van der Waals surface area contributed by atoms with Crippen molar-refractivity contribution in [2.75, 3.05) is 4.90 Å². The van der Waals surface area contributed by atoms with Crippen LogP contribution in [0.15, 0.2) is 34.1 Å². The number of rotatable bonds is 2. The standard InChI is InChI=1S/C17H15FN2O3S2/c1-3-17(2)10-11(24-13-12(17)25-16(23)19-13)15(22)20(14(10)21)9-6-4-8(18)5-7-9/h4-7,10-11H,3H2,1-2H3,(H,19,23)/t10?,11?,17-/m0/s1. The first-order chi connectivity index (χ1) is 11.9. The number of halogens is 1. The molecule has 130 valence electrons. The number of nitrogens with zero attached hydrogens (tertiary/aromatic N) is 1. The van der Waals surface area contributed by atoms with Crippen LogP contribution in [-0.4, -0.2) is 22.0 Å². The highest BCUT2D eigenvalue weighted by molar-refractivity contribution is 8.00. The number of nitrogens with one attached hydrogen (secondary N) is 1. The fourth-order valence-electron chi connectivity index (χ4n) is 3.64. The second-order valence-electron chi connectivity index (χ2n) is 6.45. The molecule has 3 heterocycles. The summed E-state index contributed by atoms with van der Waals surface area (Å²) in [5.41, 5.74) is -0.210. The molecule has 2 unspecified atom stereocenters. The lowest BCUT2D eigenvalue weighted by Gasteiger charge is -2.38. The number of thiazole rings is 1. The summed E-state index contributed by atoms with van der Waals surface area (Å²) >= 11 is 2.36. The van der Waals surface area contributed by atoms with Crippen molar-refractivity contribution in [2.45, 2.75) is 36.0 Å². The van der Waals surface area contributed by atoms with E-state index in [4.69, 9.17) is 0 Å². The Morgan fingerprint density at radius 3 is 2.52 bits per heavy atom. The summed E-state index contributed by atoms with van der Waals surface area (Å²) in [6, 6.07) is 5.35. The number of amides is 2. The van der Waals surface area contributed by atoms with Crippen molar-refractivity contribution in [3.63, 3.8) is 0 Å². The second-order valence-corrected chi connectivity index (χ2v) is 8.58. The molecule has 1 aromatic carbocycles. The molecule has 1 saturated heterocycles. The van der Waals surface area contributed by atoms with Crippen LogP contribution in [0.4, 0.5) is 10.1 Å². The van der Waals surface area contributed by atoms with Crippen molar-refractivity contribution in [1.82, 2.24) is 4.98 Å². The summed E-state index contributed by atoms with van der Waals surface area (Å²) in [5, 5.41) is 0.1000. The van der Waals surface area contributed by atoms with Crippen LogP contribution in [-0.2, 0) is 15.0 Å². The SMILES string of the molecule is CC[C@]1(C)c2sc(=O)[nH]c2SC2C(=O)N(c3ccc(F)cc3)C(=O)C21. The Kier molecular flexibility index (Phi) is 3.66. The van der Waals surface area contributed by atoms with Crippen LogP contribution in [0.1, 0.15) is 25.1 Å².